The molecule has 0 fully saturated rings. The van der Waals surface area contributed by atoms with Crippen molar-refractivity contribution in [1.82, 2.24) is 5.32 Å². The van der Waals surface area contributed by atoms with Gasteiger partial charge in [-0.05, 0) is 37.0 Å². The summed E-state index contributed by atoms with van der Waals surface area (Å²) in [5.41, 5.74) is 0.801. The number of carbonyl (C=O) groups excluding carboxylic acids is 1. The molecule has 0 aliphatic carbocycles. The van der Waals surface area contributed by atoms with E-state index in [1.165, 1.54) is 0 Å². The van der Waals surface area contributed by atoms with Crippen LogP contribution in [-0.4, -0.2) is 12.7 Å². The number of hydrogen-bond acceptors (Lipinski definition) is 2. The molecule has 1 N–H and O–H groups in total. The molecule has 1 aromatic carbocycles. The Morgan fingerprint density at radius 1 is 1.30 bits per heavy atom. The lowest BCUT2D eigenvalue weighted by Gasteiger charge is -2.07. The number of hydrogen-bond donors (Lipinski definition) is 1. The average Bonchev–Trinajstić information content (AvgIpc) is 2.41. The zero-order chi connectivity index (χ0) is 14.8. The van der Waals surface area contributed by atoms with E-state index in [1.54, 1.807) is 18.2 Å². The van der Waals surface area contributed by atoms with Crippen molar-refractivity contribution in [1.29, 1.82) is 0 Å². The Morgan fingerprint density at radius 3 is 2.75 bits per heavy atom. The fourth-order valence-corrected chi connectivity index (χ4v) is 1.69. The Morgan fingerprint density at radius 2 is 2.05 bits per heavy atom. The Bertz CT molecular complexity index is 462. The molecular formula is C14H16ClF2NO2. The second kappa shape index (κ2) is 9.31. The lowest BCUT2D eigenvalue weighted by molar-refractivity contribution is 0.143. The van der Waals surface area contributed by atoms with Gasteiger partial charge in [0.15, 0.2) is 0 Å². The van der Waals surface area contributed by atoms with Gasteiger partial charge in [-0.15, -0.1) is 0 Å². The maximum absolute atomic E-state index is 11.7. The molecular weight excluding hydrogens is 288 g/mol. The summed E-state index contributed by atoms with van der Waals surface area (Å²) in [5, 5.41) is 3.15. The molecule has 3 nitrogen and oxygen atoms in total. The smallest absolute Gasteiger partial charge is 0.407 e. The number of ether oxygens (including phenoxy) is 1. The zero-order valence-corrected chi connectivity index (χ0v) is 11.6. The quantitative estimate of drug-likeness (QED) is 0.752. The maximum Gasteiger partial charge on any atom is 0.407 e. The van der Waals surface area contributed by atoms with Crippen molar-refractivity contribution in [3.8, 4) is 0 Å². The van der Waals surface area contributed by atoms with E-state index in [1.807, 2.05) is 6.07 Å². The topological polar surface area (TPSA) is 38.3 Å². The summed E-state index contributed by atoms with van der Waals surface area (Å²) in [7, 11) is 0. The molecule has 0 saturated carbocycles. The van der Waals surface area contributed by atoms with Crippen molar-refractivity contribution in [2.24, 2.45) is 0 Å². The molecule has 0 radical (unpaired) electrons. The van der Waals surface area contributed by atoms with Crippen LogP contribution in [0.1, 0.15) is 24.8 Å². The minimum absolute atomic E-state index is 0.204. The highest BCUT2D eigenvalue weighted by Crippen LogP contribution is 2.14. The second-order valence-electron chi connectivity index (χ2n) is 4.07. The van der Waals surface area contributed by atoms with Crippen molar-refractivity contribution in [2.45, 2.75) is 25.8 Å². The molecule has 110 valence electrons. The van der Waals surface area contributed by atoms with Crippen LogP contribution in [0.4, 0.5) is 13.6 Å². The average molecular weight is 304 g/mol. The third-order valence-electron chi connectivity index (χ3n) is 2.51. The Labute approximate surface area is 121 Å². The number of rotatable bonds is 7. The van der Waals surface area contributed by atoms with Crippen LogP contribution >= 0.6 is 11.6 Å². The molecule has 0 atom stereocenters. The molecule has 1 rings (SSSR count). The molecule has 1 aromatic rings. The number of benzene rings is 1. The van der Waals surface area contributed by atoms with E-state index in [0.717, 1.165) is 11.6 Å². The minimum atomic E-state index is -1.68. The van der Waals surface area contributed by atoms with Gasteiger partial charge in [0.25, 0.3) is 6.08 Å². The lowest BCUT2D eigenvalue weighted by atomic mass is 10.2. The van der Waals surface area contributed by atoms with Gasteiger partial charge in [0.1, 0.15) is 0 Å². The molecule has 0 aromatic heterocycles. The number of nitrogens with one attached hydrogen (secondary N) is 1. The summed E-state index contributed by atoms with van der Waals surface area (Å²) in [6.07, 6.45) is 0.0172. The fourth-order valence-electron chi connectivity index (χ4n) is 1.48. The van der Waals surface area contributed by atoms with E-state index in [9.17, 15) is 13.6 Å². The van der Waals surface area contributed by atoms with E-state index in [2.05, 4.69) is 5.32 Å². The van der Waals surface area contributed by atoms with Gasteiger partial charge in [0, 0.05) is 11.6 Å². The van der Waals surface area contributed by atoms with E-state index < -0.39 is 12.2 Å². The number of allylic oxidation sites excluding steroid dienone is 1. The summed E-state index contributed by atoms with van der Waals surface area (Å²) in [6.45, 7) is 0.490. The predicted octanol–water partition coefficient (Wildman–Crippen LogP) is 4.52. The van der Waals surface area contributed by atoms with Gasteiger partial charge in [-0.25, -0.2) is 4.79 Å². The SMILES string of the molecule is O=C(NCc1ccccc1Cl)OCCCCC=C(F)F. The highest BCUT2D eigenvalue weighted by molar-refractivity contribution is 6.31. The molecule has 0 bridgehead atoms. The van der Waals surface area contributed by atoms with Crippen LogP contribution < -0.4 is 5.32 Å². The maximum atomic E-state index is 11.7. The zero-order valence-electron chi connectivity index (χ0n) is 10.9. The predicted molar refractivity (Wildman–Crippen MR) is 73.8 cm³/mol. The number of alkyl carbamates (subject to hydrolysis) is 1. The summed E-state index contributed by atoms with van der Waals surface area (Å²) >= 11 is 5.94. The van der Waals surface area contributed by atoms with Crippen molar-refractivity contribution in [3.63, 3.8) is 0 Å². The van der Waals surface area contributed by atoms with Gasteiger partial charge in [-0.3, -0.25) is 0 Å². The van der Waals surface area contributed by atoms with Gasteiger partial charge in [0.2, 0.25) is 0 Å². The minimum Gasteiger partial charge on any atom is -0.450 e. The Kier molecular flexibility index (Phi) is 7.65. The Balaban J connectivity index is 2.12. The lowest BCUT2D eigenvalue weighted by Crippen LogP contribution is -2.24. The normalized spacial score (nSPS) is 9.95. The van der Waals surface area contributed by atoms with Crippen LogP contribution in [0.15, 0.2) is 36.4 Å². The molecule has 20 heavy (non-hydrogen) atoms. The fraction of sp³-hybridized carbons (Fsp3) is 0.357. The monoisotopic (exact) mass is 303 g/mol. The molecule has 0 saturated heterocycles. The van der Waals surface area contributed by atoms with Gasteiger partial charge in [-0.1, -0.05) is 29.8 Å². The van der Waals surface area contributed by atoms with Crippen molar-refractivity contribution in [3.05, 3.63) is 47.0 Å². The highest BCUT2D eigenvalue weighted by Gasteiger charge is 2.03. The van der Waals surface area contributed by atoms with Gasteiger partial charge in [-0.2, -0.15) is 8.78 Å². The summed E-state index contributed by atoms with van der Waals surface area (Å²) in [6, 6.07) is 7.17. The molecule has 0 aliphatic heterocycles. The number of unbranched alkanes of at least 4 members (excludes halogenated alkanes) is 2. The standard InChI is InChI=1S/C14H16ClF2NO2/c15-12-7-4-3-6-11(12)10-18-14(19)20-9-5-1-2-8-13(16)17/h3-4,6-8H,1-2,5,9-10H2,(H,18,19). The molecule has 1 amide bonds. The van der Waals surface area contributed by atoms with E-state index >= 15 is 0 Å². The molecule has 6 heteroatoms. The van der Waals surface area contributed by atoms with Gasteiger partial charge >= 0.3 is 6.09 Å². The van der Waals surface area contributed by atoms with Crippen LogP contribution in [0.2, 0.25) is 5.02 Å². The molecule has 0 heterocycles. The van der Waals surface area contributed by atoms with Crippen molar-refractivity contribution >= 4 is 17.7 Å². The first-order valence-electron chi connectivity index (χ1n) is 6.25. The third-order valence-corrected chi connectivity index (χ3v) is 2.88. The van der Waals surface area contributed by atoms with Crippen molar-refractivity contribution in [2.75, 3.05) is 6.61 Å². The van der Waals surface area contributed by atoms with Gasteiger partial charge in [0.05, 0.1) is 6.61 Å². The highest BCUT2D eigenvalue weighted by atomic mass is 35.5. The Hall–Kier alpha value is -1.62. The second-order valence-corrected chi connectivity index (χ2v) is 4.48. The van der Waals surface area contributed by atoms with Crippen LogP contribution in [0.3, 0.4) is 0 Å². The van der Waals surface area contributed by atoms with Crippen LogP contribution in [-0.2, 0) is 11.3 Å². The third kappa shape index (κ3) is 7.09. The van der Waals surface area contributed by atoms with Gasteiger partial charge < -0.3 is 10.1 Å². The number of halogens is 3. The van der Waals surface area contributed by atoms with Crippen LogP contribution in [0.5, 0.6) is 0 Å². The summed E-state index contributed by atoms with van der Waals surface area (Å²) in [5.74, 6) is 0. The molecule has 0 unspecified atom stereocenters. The largest absolute Gasteiger partial charge is 0.450 e. The first-order valence-corrected chi connectivity index (χ1v) is 6.62. The van der Waals surface area contributed by atoms with Crippen LogP contribution in [0.25, 0.3) is 0 Å². The first kappa shape index (κ1) is 16.4. The van der Waals surface area contributed by atoms with E-state index in [-0.39, 0.29) is 19.6 Å². The number of amides is 1. The summed E-state index contributed by atoms with van der Waals surface area (Å²) < 4.78 is 28.4. The first-order chi connectivity index (χ1) is 9.59. The molecule has 0 spiro atoms. The summed E-state index contributed by atoms with van der Waals surface area (Å²) in [4.78, 5) is 11.4. The van der Waals surface area contributed by atoms with Crippen LogP contribution in [0, 0.1) is 0 Å². The van der Waals surface area contributed by atoms with E-state index in [4.69, 9.17) is 16.3 Å². The van der Waals surface area contributed by atoms with Crippen molar-refractivity contribution < 1.29 is 18.3 Å². The molecule has 0 aliphatic rings. The number of carbonyl (C=O) groups is 1. The van der Waals surface area contributed by atoms with E-state index in [0.29, 0.717) is 17.9 Å².